The van der Waals surface area contributed by atoms with Crippen molar-refractivity contribution in [3.63, 3.8) is 0 Å². The largest absolute Gasteiger partial charge is 0.406 e. The van der Waals surface area contributed by atoms with Crippen molar-refractivity contribution in [1.82, 2.24) is 14.8 Å². The summed E-state index contributed by atoms with van der Waals surface area (Å²) in [5.41, 5.74) is 1.94. The molecular weight excluding hydrogens is 566 g/mol. The highest BCUT2D eigenvalue weighted by atomic mass is 32.1. The van der Waals surface area contributed by atoms with E-state index in [2.05, 4.69) is 33.3 Å². The molecule has 0 spiro atoms. The van der Waals surface area contributed by atoms with E-state index in [1.165, 1.54) is 15.9 Å². The normalized spacial score (nSPS) is 19.9. The second-order valence-corrected chi connectivity index (χ2v) is 12.4. The molecule has 12 heteroatoms. The average molecular weight is 600 g/mol. The Labute approximate surface area is 246 Å². The number of rotatable bonds is 9. The molecule has 0 bridgehead atoms. The van der Waals surface area contributed by atoms with Crippen LogP contribution in [0.1, 0.15) is 35.7 Å². The van der Waals surface area contributed by atoms with Crippen LogP contribution in [0.4, 0.5) is 23.2 Å². The Balaban J connectivity index is 1.37. The molecule has 0 radical (unpaired) electrons. The fourth-order valence-electron chi connectivity index (χ4n) is 5.17. The highest BCUT2D eigenvalue weighted by Gasteiger charge is 2.32. The van der Waals surface area contributed by atoms with Gasteiger partial charge < -0.3 is 20.1 Å². The molecule has 222 valence electrons. The summed E-state index contributed by atoms with van der Waals surface area (Å²) in [7, 11) is 1.87. The Morgan fingerprint density at radius 2 is 2.02 bits per heavy atom. The lowest BCUT2D eigenvalue weighted by atomic mass is 9.94. The van der Waals surface area contributed by atoms with Crippen molar-refractivity contribution in [3.05, 3.63) is 58.4 Å². The number of aliphatic imine (C=N–C) groups is 2. The molecule has 4 heterocycles. The number of piperidine rings is 1. The highest BCUT2D eigenvalue weighted by molar-refractivity contribution is 7.13. The number of amidine groups is 1. The minimum absolute atomic E-state index is 0.223. The minimum atomic E-state index is -4.47. The van der Waals surface area contributed by atoms with Gasteiger partial charge in [0.05, 0.1) is 47.5 Å². The van der Waals surface area contributed by atoms with E-state index < -0.39 is 30.3 Å². The lowest BCUT2D eigenvalue weighted by molar-refractivity contribution is -0.139. The molecular formula is C30H33F4N7S. The summed E-state index contributed by atoms with van der Waals surface area (Å²) >= 11 is 1.48. The zero-order chi connectivity index (χ0) is 30.2. The van der Waals surface area contributed by atoms with Crippen LogP contribution in [-0.4, -0.2) is 72.6 Å². The number of thiophene rings is 1. The second-order valence-electron chi connectivity index (χ2n) is 11.3. The standard InChI is InChI=1S/C30H33F4N7S/c1-18(26-8-9-27(42-26)29(2,3)16-35)36-13-19-14-37-28(38-19)25-12-20-22(39-23-10-11-40(4)15-21(23)31)6-5-7-24(20)41(25)17-30(32,33)34/h5-9,12,21,23,36,39H,1,10-11,13-15,17H2,2-4H3. The van der Waals surface area contributed by atoms with Crippen LogP contribution in [0.5, 0.6) is 0 Å². The van der Waals surface area contributed by atoms with Crippen molar-refractivity contribution >= 4 is 45.2 Å². The lowest BCUT2D eigenvalue weighted by Crippen LogP contribution is -2.46. The van der Waals surface area contributed by atoms with Crippen LogP contribution in [0, 0.1) is 11.3 Å². The van der Waals surface area contributed by atoms with Crippen LogP contribution in [0.15, 0.2) is 53.0 Å². The van der Waals surface area contributed by atoms with E-state index in [1.54, 1.807) is 24.3 Å². The van der Waals surface area contributed by atoms with Crippen molar-refractivity contribution in [2.45, 2.75) is 50.6 Å². The van der Waals surface area contributed by atoms with Crippen molar-refractivity contribution in [1.29, 1.82) is 5.26 Å². The summed E-state index contributed by atoms with van der Waals surface area (Å²) in [6, 6.07) is 12.4. The second kappa shape index (κ2) is 11.5. The Bertz CT molecular complexity index is 1590. The van der Waals surface area contributed by atoms with Crippen LogP contribution < -0.4 is 10.6 Å². The predicted molar refractivity (Wildman–Crippen MR) is 161 cm³/mol. The minimum Gasteiger partial charge on any atom is -0.379 e. The van der Waals surface area contributed by atoms with Gasteiger partial charge in [0.15, 0.2) is 5.84 Å². The fraction of sp³-hybridized carbons (Fsp3) is 0.433. The molecule has 42 heavy (non-hydrogen) atoms. The van der Waals surface area contributed by atoms with E-state index >= 15 is 0 Å². The number of likely N-dealkylation sites (tertiary alicyclic amines) is 1. The van der Waals surface area contributed by atoms with Crippen LogP contribution in [0.25, 0.3) is 16.6 Å². The van der Waals surface area contributed by atoms with Crippen LogP contribution in [0.2, 0.25) is 0 Å². The molecule has 2 N–H and O–H groups in total. The first-order valence-corrected chi connectivity index (χ1v) is 14.5. The van der Waals surface area contributed by atoms with Gasteiger partial charge in [0.1, 0.15) is 12.7 Å². The molecule has 5 rings (SSSR count). The fourth-order valence-corrected chi connectivity index (χ4v) is 6.18. The Hall–Kier alpha value is -3.69. The lowest BCUT2D eigenvalue weighted by Gasteiger charge is -2.33. The maximum atomic E-state index is 14.8. The number of anilines is 1. The van der Waals surface area contributed by atoms with E-state index in [4.69, 9.17) is 0 Å². The summed E-state index contributed by atoms with van der Waals surface area (Å²) in [5.74, 6) is 0.223. The maximum Gasteiger partial charge on any atom is 0.406 e. The van der Waals surface area contributed by atoms with Crippen LogP contribution >= 0.6 is 11.3 Å². The number of fused-ring (bicyclic) bond motifs is 1. The molecule has 2 atom stereocenters. The zero-order valence-electron chi connectivity index (χ0n) is 23.7. The van der Waals surface area contributed by atoms with Crippen molar-refractivity contribution in [2.75, 3.05) is 38.5 Å². The number of aromatic nitrogens is 1. The predicted octanol–water partition coefficient (Wildman–Crippen LogP) is 5.98. The number of hydrogen-bond acceptors (Lipinski definition) is 7. The summed E-state index contributed by atoms with van der Waals surface area (Å²) < 4.78 is 57.1. The van der Waals surface area contributed by atoms with Crippen molar-refractivity contribution < 1.29 is 17.6 Å². The Morgan fingerprint density at radius 1 is 1.24 bits per heavy atom. The molecule has 1 saturated heterocycles. The molecule has 0 saturated carbocycles. The van der Waals surface area contributed by atoms with E-state index in [0.717, 1.165) is 16.3 Å². The van der Waals surface area contributed by atoms with E-state index in [-0.39, 0.29) is 18.1 Å². The smallest absolute Gasteiger partial charge is 0.379 e. The van der Waals surface area contributed by atoms with Gasteiger partial charge >= 0.3 is 6.18 Å². The summed E-state index contributed by atoms with van der Waals surface area (Å²) in [6.45, 7) is 8.20. The number of nitrogens with one attached hydrogen (secondary N) is 2. The number of alkyl halides is 4. The Kier molecular flexibility index (Phi) is 8.18. The number of nitriles is 1. The van der Waals surface area contributed by atoms with E-state index in [0.29, 0.717) is 47.5 Å². The SMILES string of the molecule is C=C(NCC1=NC(c2cc3c(NC4CCN(C)CC4F)cccc3n2CC(F)(F)F)=NC1)c1ccc(C(C)(C)C#N)s1. The van der Waals surface area contributed by atoms with Gasteiger partial charge in [0, 0.05) is 39.6 Å². The van der Waals surface area contributed by atoms with Gasteiger partial charge in [-0.3, -0.25) is 4.99 Å². The third-order valence-corrected chi connectivity index (χ3v) is 9.05. The monoisotopic (exact) mass is 599 g/mol. The van der Waals surface area contributed by atoms with Gasteiger partial charge in [-0.15, -0.1) is 11.3 Å². The van der Waals surface area contributed by atoms with Gasteiger partial charge in [-0.25, -0.2) is 9.38 Å². The van der Waals surface area contributed by atoms with Gasteiger partial charge in [-0.1, -0.05) is 12.6 Å². The molecule has 0 amide bonds. The topological polar surface area (TPSA) is 80.7 Å². The first kappa shape index (κ1) is 29.8. The molecule has 3 aromatic rings. The number of benzene rings is 1. The molecule has 2 unspecified atom stereocenters. The first-order valence-electron chi connectivity index (χ1n) is 13.7. The van der Waals surface area contributed by atoms with E-state index in [9.17, 15) is 22.8 Å². The van der Waals surface area contributed by atoms with Gasteiger partial charge in [-0.2, -0.15) is 18.4 Å². The maximum absolute atomic E-state index is 14.8. The highest BCUT2D eigenvalue weighted by Crippen LogP contribution is 2.34. The number of halogens is 4. The van der Waals surface area contributed by atoms with Crippen LogP contribution in [0.3, 0.4) is 0 Å². The number of hydrogen-bond donors (Lipinski definition) is 2. The quantitative estimate of drug-likeness (QED) is 0.297. The van der Waals surface area contributed by atoms with E-state index in [1.807, 2.05) is 37.9 Å². The van der Waals surface area contributed by atoms with Gasteiger partial charge in [0.25, 0.3) is 0 Å². The third-order valence-electron chi connectivity index (χ3n) is 7.58. The molecule has 0 aliphatic carbocycles. The molecule has 2 aromatic heterocycles. The molecule has 2 aliphatic rings. The Morgan fingerprint density at radius 3 is 2.74 bits per heavy atom. The van der Waals surface area contributed by atoms with Crippen molar-refractivity contribution in [3.8, 4) is 6.07 Å². The summed E-state index contributed by atoms with van der Waals surface area (Å²) in [4.78, 5) is 12.8. The summed E-state index contributed by atoms with van der Waals surface area (Å²) in [5, 5.41) is 16.4. The van der Waals surface area contributed by atoms with Crippen molar-refractivity contribution in [2.24, 2.45) is 9.98 Å². The summed E-state index contributed by atoms with van der Waals surface area (Å²) in [6.07, 6.45) is -4.97. The van der Waals surface area contributed by atoms with Crippen LogP contribution in [-0.2, 0) is 12.0 Å². The first-order chi connectivity index (χ1) is 19.8. The molecule has 2 aliphatic heterocycles. The van der Waals surface area contributed by atoms with Gasteiger partial charge in [-0.05, 0) is 57.6 Å². The molecule has 7 nitrogen and oxygen atoms in total. The van der Waals surface area contributed by atoms with Gasteiger partial charge in [0.2, 0.25) is 0 Å². The number of nitrogens with zero attached hydrogens (tertiary/aromatic N) is 5. The average Bonchev–Trinajstić information content (AvgIpc) is 3.68. The zero-order valence-corrected chi connectivity index (χ0v) is 24.5. The third kappa shape index (κ3) is 6.37. The molecule has 1 aromatic carbocycles. The molecule has 1 fully saturated rings.